The average molecular weight is 315 g/mol. The number of nitrogens with zero attached hydrogens (tertiary/aromatic N) is 1. The van der Waals surface area contributed by atoms with Crippen LogP contribution in [0.25, 0.3) is 22.0 Å². The lowest BCUT2D eigenvalue weighted by Gasteiger charge is -2.27. The molecule has 24 heavy (non-hydrogen) atoms. The summed E-state index contributed by atoms with van der Waals surface area (Å²) in [7, 11) is 0. The monoisotopic (exact) mass is 315 g/mol. The summed E-state index contributed by atoms with van der Waals surface area (Å²) in [6, 6.07) is 19.7. The first kappa shape index (κ1) is 16.4. The zero-order valence-corrected chi connectivity index (χ0v) is 14.8. The van der Waals surface area contributed by atoms with E-state index in [0.29, 0.717) is 6.04 Å². The minimum absolute atomic E-state index is 0.0486. The number of hydrogen-bond acceptors (Lipinski definition) is 0. The van der Waals surface area contributed by atoms with Crippen molar-refractivity contribution in [2.24, 2.45) is 5.41 Å². The first-order valence-electron chi connectivity index (χ1n) is 8.71. The van der Waals surface area contributed by atoms with Gasteiger partial charge in [-0.3, -0.25) is 0 Å². The molecule has 1 heteroatoms. The molecule has 0 amide bonds. The Morgan fingerprint density at radius 3 is 2.50 bits per heavy atom. The highest BCUT2D eigenvalue weighted by molar-refractivity contribution is 5.95. The highest BCUT2D eigenvalue weighted by Crippen LogP contribution is 2.35. The lowest BCUT2D eigenvalue weighted by molar-refractivity contribution is 0.325. The van der Waals surface area contributed by atoms with Crippen molar-refractivity contribution in [3.05, 3.63) is 60.8 Å². The zero-order chi connectivity index (χ0) is 17.2. The highest BCUT2D eigenvalue weighted by atomic mass is 15.0. The summed E-state index contributed by atoms with van der Waals surface area (Å²) < 4.78 is 2.37. The molecule has 0 aliphatic rings. The summed E-state index contributed by atoms with van der Waals surface area (Å²) in [5, 5.41) is 1.30. The van der Waals surface area contributed by atoms with E-state index in [-0.39, 0.29) is 5.41 Å². The van der Waals surface area contributed by atoms with Crippen molar-refractivity contribution in [3.63, 3.8) is 0 Å². The van der Waals surface area contributed by atoms with Crippen molar-refractivity contribution < 1.29 is 0 Å². The first-order valence-corrected chi connectivity index (χ1v) is 8.71. The lowest BCUT2D eigenvalue weighted by atomic mass is 9.82. The Bertz CT molecular complexity index is 866. The van der Waals surface area contributed by atoms with Gasteiger partial charge in [-0.1, -0.05) is 49.4 Å². The van der Waals surface area contributed by atoms with E-state index in [4.69, 9.17) is 6.42 Å². The molecule has 0 saturated heterocycles. The van der Waals surface area contributed by atoms with E-state index in [0.717, 1.165) is 12.8 Å². The molecule has 3 rings (SSSR count). The van der Waals surface area contributed by atoms with Gasteiger partial charge in [-0.15, -0.1) is 12.3 Å². The van der Waals surface area contributed by atoms with Crippen molar-refractivity contribution in [1.29, 1.82) is 0 Å². The van der Waals surface area contributed by atoms with Crippen LogP contribution in [-0.4, -0.2) is 4.57 Å². The standard InChI is InChI=1S/C23H25N/c1-5-23(4,6-2)17-18(3)24-16-15-21-20(13-10-14-22(21)24)19-11-8-7-9-12-19/h1,7-16,18H,6,17H2,2-4H3/t18-,23?/m0/s1. The van der Waals surface area contributed by atoms with Gasteiger partial charge in [0.2, 0.25) is 0 Å². The van der Waals surface area contributed by atoms with Crippen molar-refractivity contribution >= 4 is 10.9 Å². The van der Waals surface area contributed by atoms with Crippen LogP contribution in [0.3, 0.4) is 0 Å². The second kappa shape index (κ2) is 6.57. The molecule has 2 aromatic carbocycles. The van der Waals surface area contributed by atoms with E-state index >= 15 is 0 Å². The van der Waals surface area contributed by atoms with Gasteiger partial charge in [-0.25, -0.2) is 0 Å². The minimum Gasteiger partial charge on any atom is -0.345 e. The van der Waals surface area contributed by atoms with Gasteiger partial charge in [0.25, 0.3) is 0 Å². The first-order chi connectivity index (χ1) is 11.6. The van der Waals surface area contributed by atoms with Gasteiger partial charge in [0.1, 0.15) is 0 Å². The summed E-state index contributed by atoms with van der Waals surface area (Å²) in [6.07, 6.45) is 9.96. The molecule has 1 unspecified atom stereocenters. The van der Waals surface area contributed by atoms with Crippen LogP contribution in [0, 0.1) is 17.8 Å². The average Bonchev–Trinajstić information content (AvgIpc) is 3.06. The largest absolute Gasteiger partial charge is 0.345 e. The Labute approximate surface area is 145 Å². The summed E-state index contributed by atoms with van der Waals surface area (Å²) in [4.78, 5) is 0. The second-order valence-corrected chi connectivity index (χ2v) is 6.94. The van der Waals surface area contributed by atoms with Crippen LogP contribution in [0.1, 0.15) is 39.7 Å². The molecule has 122 valence electrons. The van der Waals surface area contributed by atoms with E-state index in [1.165, 1.54) is 22.0 Å². The molecule has 0 fully saturated rings. The fourth-order valence-corrected chi connectivity index (χ4v) is 3.50. The molecule has 1 aromatic heterocycles. The molecule has 0 bridgehead atoms. The smallest absolute Gasteiger partial charge is 0.0489 e. The third-order valence-corrected chi connectivity index (χ3v) is 5.20. The quantitative estimate of drug-likeness (QED) is 0.486. The predicted octanol–water partition coefficient (Wildman–Crippen LogP) is 6.31. The van der Waals surface area contributed by atoms with Gasteiger partial charge in [0, 0.05) is 28.6 Å². The fourth-order valence-electron chi connectivity index (χ4n) is 3.50. The summed E-state index contributed by atoms with van der Waals surface area (Å²) in [5.41, 5.74) is 3.77. The number of rotatable bonds is 5. The third-order valence-electron chi connectivity index (χ3n) is 5.20. The Morgan fingerprint density at radius 2 is 1.83 bits per heavy atom. The van der Waals surface area contributed by atoms with Crippen LogP contribution in [0.5, 0.6) is 0 Å². The van der Waals surface area contributed by atoms with Crippen molar-refractivity contribution in [2.45, 2.75) is 39.7 Å². The fraction of sp³-hybridized carbons (Fsp3) is 0.304. The van der Waals surface area contributed by atoms with E-state index in [2.05, 4.69) is 92.1 Å². The second-order valence-electron chi connectivity index (χ2n) is 6.94. The molecular weight excluding hydrogens is 290 g/mol. The van der Waals surface area contributed by atoms with E-state index in [1.54, 1.807) is 0 Å². The topological polar surface area (TPSA) is 4.93 Å². The van der Waals surface area contributed by atoms with E-state index < -0.39 is 0 Å². The maximum atomic E-state index is 5.77. The van der Waals surface area contributed by atoms with Gasteiger partial charge in [0.05, 0.1) is 0 Å². The third kappa shape index (κ3) is 2.97. The van der Waals surface area contributed by atoms with E-state index in [1.807, 2.05) is 0 Å². The predicted molar refractivity (Wildman–Crippen MR) is 104 cm³/mol. The number of fused-ring (bicyclic) bond motifs is 1. The number of aromatic nitrogens is 1. The van der Waals surface area contributed by atoms with Crippen LogP contribution in [-0.2, 0) is 0 Å². The molecule has 0 aliphatic carbocycles. The molecule has 0 N–H and O–H groups in total. The van der Waals surface area contributed by atoms with Crippen molar-refractivity contribution in [1.82, 2.24) is 4.57 Å². The van der Waals surface area contributed by atoms with Crippen LogP contribution >= 0.6 is 0 Å². The maximum Gasteiger partial charge on any atom is 0.0489 e. The molecule has 0 aliphatic heterocycles. The highest BCUT2D eigenvalue weighted by Gasteiger charge is 2.23. The van der Waals surface area contributed by atoms with Crippen molar-refractivity contribution in [3.8, 4) is 23.5 Å². The Kier molecular flexibility index (Phi) is 4.49. The molecule has 0 radical (unpaired) electrons. The van der Waals surface area contributed by atoms with Gasteiger partial charge < -0.3 is 4.57 Å². The molecule has 1 nitrogen and oxygen atoms in total. The summed E-state index contributed by atoms with van der Waals surface area (Å²) >= 11 is 0. The van der Waals surface area contributed by atoms with Gasteiger partial charge in [-0.2, -0.15) is 0 Å². The Balaban J connectivity index is 2.02. The minimum atomic E-state index is -0.0486. The van der Waals surface area contributed by atoms with Crippen LogP contribution in [0.4, 0.5) is 0 Å². The molecule has 1 heterocycles. The normalized spacial score (nSPS) is 14.9. The number of hydrogen-bond donors (Lipinski definition) is 0. The van der Waals surface area contributed by atoms with Gasteiger partial charge in [-0.05, 0) is 49.9 Å². The molecular formula is C23H25N. The molecule has 2 atom stereocenters. The number of benzene rings is 2. The van der Waals surface area contributed by atoms with Crippen LogP contribution < -0.4 is 0 Å². The van der Waals surface area contributed by atoms with Gasteiger partial charge in [0.15, 0.2) is 0 Å². The lowest BCUT2D eigenvalue weighted by Crippen LogP contribution is -2.18. The van der Waals surface area contributed by atoms with E-state index in [9.17, 15) is 0 Å². The molecule has 0 saturated carbocycles. The molecule has 0 spiro atoms. The molecule has 3 aromatic rings. The SMILES string of the molecule is C#CC(C)(CC)C[C@H](C)n1ccc2c(-c3ccccc3)cccc21. The summed E-state index contributed by atoms with van der Waals surface area (Å²) in [6.45, 7) is 6.62. The maximum absolute atomic E-state index is 5.77. The van der Waals surface area contributed by atoms with Crippen LogP contribution in [0.15, 0.2) is 60.8 Å². The zero-order valence-electron chi connectivity index (χ0n) is 14.8. The van der Waals surface area contributed by atoms with Gasteiger partial charge >= 0.3 is 0 Å². The summed E-state index contributed by atoms with van der Waals surface area (Å²) in [5.74, 6) is 2.99. The number of terminal acetylenes is 1. The Hall–Kier alpha value is -2.46. The Morgan fingerprint density at radius 1 is 1.08 bits per heavy atom. The van der Waals surface area contributed by atoms with Crippen LogP contribution in [0.2, 0.25) is 0 Å². The van der Waals surface area contributed by atoms with Crippen molar-refractivity contribution in [2.75, 3.05) is 0 Å².